The lowest BCUT2D eigenvalue weighted by molar-refractivity contribution is -0.113. The average Bonchev–Trinajstić information content (AvgIpc) is 3.25. The van der Waals surface area contributed by atoms with Crippen molar-refractivity contribution in [3.8, 4) is 11.5 Å². The van der Waals surface area contributed by atoms with Gasteiger partial charge in [0.25, 0.3) is 0 Å². The highest BCUT2D eigenvalue weighted by molar-refractivity contribution is 7.99. The predicted octanol–water partition coefficient (Wildman–Crippen LogP) is 3.33. The van der Waals surface area contributed by atoms with Gasteiger partial charge in [-0.1, -0.05) is 24.8 Å². The Labute approximate surface area is 176 Å². The first-order chi connectivity index (χ1) is 14.0. The van der Waals surface area contributed by atoms with E-state index in [2.05, 4.69) is 20.5 Å². The molecule has 1 amide bonds. The highest BCUT2D eigenvalue weighted by Crippen LogP contribution is 2.34. The van der Waals surface area contributed by atoms with Crippen LogP contribution in [0.25, 0.3) is 11.5 Å². The van der Waals surface area contributed by atoms with E-state index in [1.165, 1.54) is 30.2 Å². The molecule has 0 saturated heterocycles. The maximum absolute atomic E-state index is 12.5. The maximum Gasteiger partial charge on any atom is 0.341 e. The zero-order chi connectivity index (χ0) is 21.0. The number of esters is 1. The Bertz CT molecular complexity index is 1030. The Morgan fingerprint density at radius 2 is 2.10 bits per heavy atom. The van der Waals surface area contributed by atoms with E-state index < -0.39 is 5.97 Å². The molecule has 0 spiro atoms. The Hall–Kier alpha value is -2.72. The quantitative estimate of drug-likeness (QED) is 0.452. The third-order valence-electron chi connectivity index (χ3n) is 4.27. The van der Waals surface area contributed by atoms with Gasteiger partial charge >= 0.3 is 5.97 Å². The van der Waals surface area contributed by atoms with Crippen molar-refractivity contribution in [2.45, 2.75) is 25.4 Å². The molecule has 0 unspecified atom stereocenters. The van der Waals surface area contributed by atoms with Gasteiger partial charge in [0.05, 0.1) is 18.4 Å². The first kappa shape index (κ1) is 21.0. The molecule has 3 heterocycles. The molecule has 152 valence electrons. The van der Waals surface area contributed by atoms with Crippen LogP contribution in [0.1, 0.15) is 27.7 Å². The lowest BCUT2D eigenvalue weighted by Gasteiger charge is -2.07. The summed E-state index contributed by atoms with van der Waals surface area (Å²) in [5.41, 5.74) is 2.05. The van der Waals surface area contributed by atoms with Gasteiger partial charge in [-0.2, -0.15) is 0 Å². The third-order valence-corrected chi connectivity index (χ3v) is 6.35. The number of nitrogens with zero attached hydrogens (tertiary/aromatic N) is 4. The number of ether oxygens (including phenoxy) is 1. The SMILES string of the molecule is CCc1c(C)sc(NC(=O)CSc2nnc(-c3ccccn3)n2C)c1C(=O)OC. The van der Waals surface area contributed by atoms with Crippen LogP contribution in [0, 0.1) is 6.92 Å². The number of hydrogen-bond donors (Lipinski definition) is 1. The molecule has 8 nitrogen and oxygen atoms in total. The number of thioether (sulfide) groups is 1. The number of aromatic nitrogens is 4. The van der Waals surface area contributed by atoms with E-state index >= 15 is 0 Å². The van der Waals surface area contributed by atoms with Gasteiger partial charge in [0.2, 0.25) is 5.91 Å². The van der Waals surface area contributed by atoms with Crippen molar-refractivity contribution in [2.75, 3.05) is 18.2 Å². The molecule has 0 radical (unpaired) electrons. The van der Waals surface area contributed by atoms with Crippen molar-refractivity contribution in [3.05, 3.63) is 40.4 Å². The lowest BCUT2D eigenvalue weighted by Crippen LogP contribution is -2.16. The van der Waals surface area contributed by atoms with Gasteiger partial charge < -0.3 is 14.6 Å². The standard InChI is InChI=1S/C19H21N5O3S2/c1-5-12-11(2)29-17(15(12)18(26)27-4)21-14(25)10-28-19-23-22-16(24(19)3)13-8-6-7-9-20-13/h6-9H,5,10H2,1-4H3,(H,21,25). The number of rotatable bonds is 7. The zero-order valence-electron chi connectivity index (χ0n) is 16.6. The summed E-state index contributed by atoms with van der Waals surface area (Å²) in [6.07, 6.45) is 2.38. The van der Waals surface area contributed by atoms with Crippen LogP contribution in [0.15, 0.2) is 29.6 Å². The molecule has 3 aromatic heterocycles. The minimum absolute atomic E-state index is 0.132. The smallest absolute Gasteiger partial charge is 0.341 e. The number of thiophene rings is 1. The molecule has 0 aliphatic rings. The zero-order valence-corrected chi connectivity index (χ0v) is 18.2. The van der Waals surface area contributed by atoms with Crippen LogP contribution < -0.4 is 5.32 Å². The number of carbonyl (C=O) groups excluding carboxylic acids is 2. The molecular weight excluding hydrogens is 410 g/mol. The highest BCUT2D eigenvalue weighted by atomic mass is 32.2. The summed E-state index contributed by atoms with van der Waals surface area (Å²) in [6.45, 7) is 3.90. The summed E-state index contributed by atoms with van der Waals surface area (Å²) in [5, 5.41) is 12.3. The Morgan fingerprint density at radius 3 is 2.76 bits per heavy atom. The number of hydrogen-bond acceptors (Lipinski definition) is 8. The molecule has 29 heavy (non-hydrogen) atoms. The van der Waals surface area contributed by atoms with E-state index in [1.54, 1.807) is 10.8 Å². The molecule has 0 aromatic carbocycles. The predicted molar refractivity (Wildman–Crippen MR) is 113 cm³/mol. The van der Waals surface area contributed by atoms with Crippen LogP contribution in [-0.2, 0) is 23.0 Å². The molecule has 0 bridgehead atoms. The van der Waals surface area contributed by atoms with Gasteiger partial charge in [0, 0.05) is 18.1 Å². The number of aryl methyl sites for hydroxylation is 1. The number of amides is 1. The second-order valence-corrected chi connectivity index (χ2v) is 8.27. The number of nitrogens with one attached hydrogen (secondary N) is 1. The van der Waals surface area contributed by atoms with Crippen molar-refractivity contribution >= 4 is 40.0 Å². The molecule has 1 N–H and O–H groups in total. The summed E-state index contributed by atoms with van der Waals surface area (Å²) < 4.78 is 6.68. The van der Waals surface area contributed by atoms with Gasteiger partial charge in [0.15, 0.2) is 11.0 Å². The van der Waals surface area contributed by atoms with Crippen LogP contribution in [0.3, 0.4) is 0 Å². The third kappa shape index (κ3) is 4.48. The average molecular weight is 432 g/mol. The highest BCUT2D eigenvalue weighted by Gasteiger charge is 2.23. The molecule has 10 heteroatoms. The summed E-state index contributed by atoms with van der Waals surface area (Å²) in [5.74, 6) is 0.0876. The van der Waals surface area contributed by atoms with E-state index in [-0.39, 0.29) is 11.7 Å². The number of anilines is 1. The topological polar surface area (TPSA) is 99.0 Å². The second-order valence-electron chi connectivity index (χ2n) is 6.10. The number of methoxy groups -OCH3 is 1. The maximum atomic E-state index is 12.5. The molecule has 0 atom stereocenters. The Balaban J connectivity index is 1.70. The fraction of sp³-hybridized carbons (Fsp3) is 0.316. The molecule has 3 aromatic rings. The van der Waals surface area contributed by atoms with E-state index in [1.807, 2.05) is 39.1 Å². The fourth-order valence-electron chi connectivity index (χ4n) is 2.86. The lowest BCUT2D eigenvalue weighted by atomic mass is 10.1. The van der Waals surface area contributed by atoms with E-state index in [0.29, 0.717) is 33.7 Å². The van der Waals surface area contributed by atoms with Crippen LogP contribution >= 0.6 is 23.1 Å². The minimum atomic E-state index is -0.442. The monoisotopic (exact) mass is 431 g/mol. The van der Waals surface area contributed by atoms with Crippen molar-refractivity contribution in [2.24, 2.45) is 7.05 Å². The summed E-state index contributed by atoms with van der Waals surface area (Å²) in [6, 6.07) is 5.56. The van der Waals surface area contributed by atoms with Crippen LogP contribution in [0.4, 0.5) is 5.00 Å². The van der Waals surface area contributed by atoms with Crippen molar-refractivity contribution < 1.29 is 14.3 Å². The first-order valence-electron chi connectivity index (χ1n) is 8.90. The normalized spacial score (nSPS) is 10.8. The van der Waals surface area contributed by atoms with Crippen LogP contribution in [-0.4, -0.2) is 44.5 Å². The van der Waals surface area contributed by atoms with E-state index in [4.69, 9.17) is 4.74 Å². The summed E-state index contributed by atoms with van der Waals surface area (Å²) in [7, 11) is 3.17. The summed E-state index contributed by atoms with van der Waals surface area (Å²) in [4.78, 5) is 29.9. The minimum Gasteiger partial charge on any atom is -0.465 e. The summed E-state index contributed by atoms with van der Waals surface area (Å²) >= 11 is 2.64. The largest absolute Gasteiger partial charge is 0.465 e. The van der Waals surface area contributed by atoms with Gasteiger partial charge in [-0.05, 0) is 31.0 Å². The second kappa shape index (κ2) is 9.19. The molecule has 0 aliphatic carbocycles. The van der Waals surface area contributed by atoms with Gasteiger partial charge in [0.1, 0.15) is 10.7 Å². The van der Waals surface area contributed by atoms with Gasteiger partial charge in [-0.25, -0.2) is 4.79 Å². The van der Waals surface area contributed by atoms with Crippen molar-refractivity contribution in [3.63, 3.8) is 0 Å². The molecule has 0 fully saturated rings. The molecule has 0 aliphatic heterocycles. The molecular formula is C19H21N5O3S2. The van der Waals surface area contributed by atoms with E-state index in [9.17, 15) is 9.59 Å². The first-order valence-corrected chi connectivity index (χ1v) is 10.7. The molecule has 0 saturated carbocycles. The fourth-order valence-corrected chi connectivity index (χ4v) is 4.72. The van der Waals surface area contributed by atoms with Gasteiger partial charge in [-0.15, -0.1) is 21.5 Å². The Morgan fingerprint density at radius 1 is 1.31 bits per heavy atom. The van der Waals surface area contributed by atoms with Gasteiger partial charge in [-0.3, -0.25) is 9.78 Å². The number of pyridine rings is 1. The molecule has 3 rings (SSSR count). The Kier molecular flexibility index (Phi) is 6.65. The van der Waals surface area contributed by atoms with Crippen LogP contribution in [0.5, 0.6) is 0 Å². The van der Waals surface area contributed by atoms with Crippen LogP contribution in [0.2, 0.25) is 0 Å². The van der Waals surface area contributed by atoms with Crippen molar-refractivity contribution in [1.82, 2.24) is 19.7 Å². The number of carbonyl (C=O) groups is 2. The van der Waals surface area contributed by atoms with Crippen molar-refractivity contribution in [1.29, 1.82) is 0 Å². The van der Waals surface area contributed by atoms with E-state index in [0.717, 1.165) is 10.4 Å².